The molecule has 0 atom stereocenters. The molecular weight excluding hydrogens is 174 g/mol. The number of rotatable bonds is 4. The zero-order chi connectivity index (χ0) is 9.84. The second-order valence-corrected chi connectivity index (χ2v) is 2.25. The van der Waals surface area contributed by atoms with E-state index in [2.05, 4.69) is 4.98 Å². The molecule has 0 fully saturated rings. The highest BCUT2D eigenvalue weighted by molar-refractivity contribution is 5.87. The quantitative estimate of drug-likeness (QED) is 0.696. The Morgan fingerprint density at radius 2 is 1.38 bits per heavy atom. The molecule has 1 N–H and O–H groups in total. The van der Waals surface area contributed by atoms with Crippen LogP contribution in [0.25, 0.3) is 0 Å². The zero-order valence-corrected chi connectivity index (χ0v) is 7.29. The number of H-pyrrole nitrogens is 1. The van der Waals surface area contributed by atoms with Crippen LogP contribution in [0.5, 0.6) is 11.5 Å². The van der Waals surface area contributed by atoms with Crippen molar-refractivity contribution in [2.24, 2.45) is 0 Å². The molecule has 1 rings (SSSR count). The van der Waals surface area contributed by atoms with Gasteiger partial charge in [-0.05, 0) is 0 Å². The Bertz CT molecular complexity index is 299. The smallest absolute Gasteiger partial charge is 0.190 e. The van der Waals surface area contributed by atoms with E-state index in [1.54, 1.807) is 0 Å². The molecule has 13 heavy (non-hydrogen) atoms. The summed E-state index contributed by atoms with van der Waals surface area (Å²) in [5, 5.41) is 0. The van der Waals surface area contributed by atoms with E-state index in [0.29, 0.717) is 12.6 Å². The maximum Gasteiger partial charge on any atom is 0.190 e. The van der Waals surface area contributed by atoms with Gasteiger partial charge in [0.05, 0.1) is 14.2 Å². The summed E-state index contributed by atoms with van der Waals surface area (Å²) in [7, 11) is 2.79. The molecule has 0 radical (unpaired) electrons. The first-order valence-corrected chi connectivity index (χ1v) is 3.52. The van der Waals surface area contributed by atoms with E-state index in [1.807, 2.05) is 0 Å². The maximum absolute atomic E-state index is 10.5. The largest absolute Gasteiger partial charge is 0.491 e. The molecular formula is C8H9NO4. The van der Waals surface area contributed by atoms with Crippen molar-refractivity contribution in [1.82, 2.24) is 4.98 Å². The van der Waals surface area contributed by atoms with Crippen molar-refractivity contribution in [1.29, 1.82) is 0 Å². The van der Waals surface area contributed by atoms with Gasteiger partial charge in [0.15, 0.2) is 24.1 Å². The second kappa shape index (κ2) is 3.75. The van der Waals surface area contributed by atoms with Gasteiger partial charge in [-0.15, -0.1) is 0 Å². The zero-order valence-electron chi connectivity index (χ0n) is 7.29. The molecule has 0 bridgehead atoms. The van der Waals surface area contributed by atoms with Crippen molar-refractivity contribution < 1.29 is 19.1 Å². The van der Waals surface area contributed by atoms with Crippen LogP contribution in [0.4, 0.5) is 0 Å². The van der Waals surface area contributed by atoms with Crippen molar-refractivity contribution in [2.45, 2.75) is 0 Å². The van der Waals surface area contributed by atoms with E-state index >= 15 is 0 Å². The molecule has 0 saturated heterocycles. The number of hydrogen-bond acceptors (Lipinski definition) is 4. The Morgan fingerprint density at radius 3 is 1.62 bits per heavy atom. The van der Waals surface area contributed by atoms with Crippen molar-refractivity contribution in [3.8, 4) is 11.5 Å². The molecule has 0 aliphatic heterocycles. The molecule has 0 spiro atoms. The van der Waals surface area contributed by atoms with Crippen LogP contribution in [-0.4, -0.2) is 31.8 Å². The monoisotopic (exact) mass is 183 g/mol. The number of aromatic nitrogens is 1. The molecule has 0 saturated carbocycles. The van der Waals surface area contributed by atoms with Crippen LogP contribution in [0.2, 0.25) is 0 Å². The summed E-state index contributed by atoms with van der Waals surface area (Å²) in [4.78, 5) is 23.6. The van der Waals surface area contributed by atoms with E-state index in [9.17, 15) is 9.59 Å². The molecule has 0 aliphatic carbocycles. The predicted molar refractivity (Wildman–Crippen MR) is 44.7 cm³/mol. The van der Waals surface area contributed by atoms with Crippen molar-refractivity contribution >= 4 is 12.6 Å². The average Bonchev–Trinajstić information content (AvgIpc) is 2.54. The minimum absolute atomic E-state index is 0.196. The van der Waals surface area contributed by atoms with Crippen LogP contribution in [0.3, 0.4) is 0 Å². The summed E-state index contributed by atoms with van der Waals surface area (Å²) >= 11 is 0. The highest BCUT2D eigenvalue weighted by atomic mass is 16.5. The second-order valence-electron chi connectivity index (χ2n) is 2.25. The number of methoxy groups -OCH3 is 2. The van der Waals surface area contributed by atoms with Gasteiger partial charge in [0.1, 0.15) is 11.4 Å². The first-order chi connectivity index (χ1) is 6.28. The maximum atomic E-state index is 10.5. The lowest BCUT2D eigenvalue weighted by atomic mass is 10.3. The van der Waals surface area contributed by atoms with Crippen molar-refractivity contribution in [3.63, 3.8) is 0 Å². The van der Waals surface area contributed by atoms with Crippen LogP contribution in [0.15, 0.2) is 0 Å². The van der Waals surface area contributed by atoms with Gasteiger partial charge in [-0.2, -0.15) is 0 Å². The fraction of sp³-hybridized carbons (Fsp3) is 0.250. The lowest BCUT2D eigenvalue weighted by Crippen LogP contribution is -1.90. The minimum Gasteiger partial charge on any atom is -0.491 e. The number of hydrogen-bond donors (Lipinski definition) is 1. The molecule has 70 valence electrons. The number of aromatic amines is 1. The van der Waals surface area contributed by atoms with Crippen LogP contribution in [0.1, 0.15) is 21.0 Å². The third kappa shape index (κ3) is 1.40. The average molecular weight is 183 g/mol. The van der Waals surface area contributed by atoms with Crippen molar-refractivity contribution in [3.05, 3.63) is 11.4 Å². The molecule has 5 heteroatoms. The Morgan fingerprint density at radius 1 is 1.00 bits per heavy atom. The standard InChI is InChI=1S/C8H9NO4/c1-12-7-5(3-10)9-6(4-11)8(7)13-2/h3-4,9H,1-2H3. The van der Waals surface area contributed by atoms with Gasteiger partial charge < -0.3 is 14.5 Å². The van der Waals surface area contributed by atoms with Gasteiger partial charge in [-0.25, -0.2) is 0 Å². The molecule has 0 aliphatic rings. The Kier molecular flexibility index (Phi) is 2.69. The highest BCUT2D eigenvalue weighted by Crippen LogP contribution is 2.32. The van der Waals surface area contributed by atoms with Gasteiger partial charge in [0.2, 0.25) is 0 Å². The van der Waals surface area contributed by atoms with Crippen LogP contribution < -0.4 is 9.47 Å². The van der Waals surface area contributed by atoms with E-state index in [-0.39, 0.29) is 22.9 Å². The number of carbonyl (C=O) groups is 2. The molecule has 5 nitrogen and oxygen atoms in total. The molecule has 1 heterocycles. The lowest BCUT2D eigenvalue weighted by molar-refractivity contribution is 0.111. The van der Waals surface area contributed by atoms with Gasteiger partial charge >= 0.3 is 0 Å². The summed E-state index contributed by atoms with van der Waals surface area (Å²) in [6.45, 7) is 0. The van der Waals surface area contributed by atoms with E-state index in [0.717, 1.165) is 0 Å². The predicted octanol–water partition coefficient (Wildman–Crippen LogP) is 0.657. The topological polar surface area (TPSA) is 68.4 Å². The third-order valence-corrected chi connectivity index (χ3v) is 1.61. The fourth-order valence-corrected chi connectivity index (χ4v) is 1.07. The molecule has 0 unspecified atom stereocenters. The first-order valence-electron chi connectivity index (χ1n) is 3.52. The molecule has 0 amide bonds. The van der Waals surface area contributed by atoms with E-state index in [1.165, 1.54) is 14.2 Å². The first kappa shape index (κ1) is 9.31. The molecule has 1 aromatic rings. The van der Waals surface area contributed by atoms with Gasteiger partial charge in [0.25, 0.3) is 0 Å². The van der Waals surface area contributed by atoms with E-state index < -0.39 is 0 Å². The molecule has 1 aromatic heterocycles. The Hall–Kier alpha value is -1.78. The summed E-state index contributed by atoms with van der Waals surface area (Å²) in [5.41, 5.74) is 0.392. The fourth-order valence-electron chi connectivity index (χ4n) is 1.07. The summed E-state index contributed by atoms with van der Waals surface area (Å²) in [6, 6.07) is 0. The van der Waals surface area contributed by atoms with Crippen LogP contribution in [-0.2, 0) is 0 Å². The minimum atomic E-state index is 0.196. The third-order valence-electron chi connectivity index (χ3n) is 1.61. The number of nitrogens with one attached hydrogen (secondary N) is 1. The van der Waals surface area contributed by atoms with Gasteiger partial charge in [0, 0.05) is 0 Å². The Labute approximate surface area is 74.7 Å². The number of ether oxygens (including phenoxy) is 2. The van der Waals surface area contributed by atoms with Gasteiger partial charge in [-0.3, -0.25) is 9.59 Å². The highest BCUT2D eigenvalue weighted by Gasteiger charge is 2.17. The number of aldehydes is 2. The Balaban J connectivity index is 3.33. The van der Waals surface area contributed by atoms with Crippen molar-refractivity contribution in [2.75, 3.05) is 14.2 Å². The van der Waals surface area contributed by atoms with E-state index in [4.69, 9.17) is 9.47 Å². The summed E-state index contributed by atoms with van der Waals surface area (Å²) in [6.07, 6.45) is 1.13. The SMILES string of the molecule is COc1c(C=O)[nH]c(C=O)c1OC. The summed E-state index contributed by atoms with van der Waals surface area (Å²) in [5.74, 6) is 0.499. The number of carbonyl (C=O) groups excluding carboxylic acids is 2. The molecule has 0 aromatic carbocycles. The van der Waals surface area contributed by atoms with Crippen LogP contribution >= 0.6 is 0 Å². The van der Waals surface area contributed by atoms with Crippen LogP contribution in [0, 0.1) is 0 Å². The lowest BCUT2D eigenvalue weighted by Gasteiger charge is -2.01. The summed E-state index contributed by atoms with van der Waals surface area (Å²) < 4.78 is 9.79. The van der Waals surface area contributed by atoms with Gasteiger partial charge in [-0.1, -0.05) is 0 Å². The normalized spacial score (nSPS) is 9.38.